The van der Waals surface area contributed by atoms with E-state index < -0.39 is 0 Å². The van der Waals surface area contributed by atoms with Crippen LogP contribution in [0.3, 0.4) is 0 Å². The molecule has 104 valence electrons. The standard InChI is InChI=1S/C14H26N2O2/c1-12-6-7-13(10-15-12)18-11-14(17)16-8-4-2-3-5-9-16/h12-13,15H,2-11H2,1H3. The Balaban J connectivity index is 1.67. The monoisotopic (exact) mass is 254 g/mol. The van der Waals surface area contributed by atoms with Gasteiger partial charge < -0.3 is 15.0 Å². The fourth-order valence-electron chi connectivity index (χ4n) is 2.72. The van der Waals surface area contributed by atoms with Gasteiger partial charge in [-0.05, 0) is 32.6 Å². The number of rotatable bonds is 3. The van der Waals surface area contributed by atoms with Crippen molar-refractivity contribution in [2.24, 2.45) is 0 Å². The second-order valence-corrected chi connectivity index (χ2v) is 5.61. The second-order valence-electron chi connectivity index (χ2n) is 5.61. The van der Waals surface area contributed by atoms with E-state index in [-0.39, 0.29) is 18.6 Å². The van der Waals surface area contributed by atoms with Crippen LogP contribution >= 0.6 is 0 Å². The highest BCUT2D eigenvalue weighted by atomic mass is 16.5. The summed E-state index contributed by atoms with van der Waals surface area (Å²) in [4.78, 5) is 14.0. The van der Waals surface area contributed by atoms with E-state index in [4.69, 9.17) is 4.74 Å². The molecule has 2 rings (SSSR count). The van der Waals surface area contributed by atoms with Crippen LogP contribution in [0.5, 0.6) is 0 Å². The highest BCUT2D eigenvalue weighted by Gasteiger charge is 2.21. The lowest BCUT2D eigenvalue weighted by molar-refractivity contribution is -0.138. The first kappa shape index (κ1) is 13.8. The Morgan fingerprint density at radius 3 is 2.56 bits per heavy atom. The predicted octanol–water partition coefficient (Wildman–Crippen LogP) is 1.55. The number of carbonyl (C=O) groups excluding carboxylic acids is 1. The Labute approximate surface area is 110 Å². The summed E-state index contributed by atoms with van der Waals surface area (Å²) in [7, 11) is 0. The lowest BCUT2D eigenvalue weighted by atomic mass is 10.0. The van der Waals surface area contributed by atoms with E-state index in [0.29, 0.717) is 6.04 Å². The molecule has 0 aromatic heterocycles. The van der Waals surface area contributed by atoms with Gasteiger partial charge in [-0.2, -0.15) is 0 Å². The molecule has 1 N–H and O–H groups in total. The molecule has 1 amide bonds. The Hall–Kier alpha value is -0.610. The first-order valence-corrected chi connectivity index (χ1v) is 7.38. The lowest BCUT2D eigenvalue weighted by Gasteiger charge is -2.28. The third-order valence-corrected chi connectivity index (χ3v) is 4.02. The molecule has 0 spiro atoms. The molecular weight excluding hydrogens is 228 g/mol. The number of nitrogens with zero attached hydrogens (tertiary/aromatic N) is 1. The molecule has 0 aromatic carbocycles. The van der Waals surface area contributed by atoms with Crippen LogP contribution in [-0.4, -0.2) is 49.2 Å². The molecule has 2 aliphatic rings. The molecule has 0 radical (unpaired) electrons. The Bertz CT molecular complexity index is 255. The van der Waals surface area contributed by atoms with Crippen molar-refractivity contribution in [3.63, 3.8) is 0 Å². The summed E-state index contributed by atoms with van der Waals surface area (Å²) in [6.45, 7) is 5.18. The number of nitrogens with one attached hydrogen (secondary N) is 1. The third kappa shape index (κ3) is 4.25. The average Bonchev–Trinajstić information content (AvgIpc) is 2.66. The zero-order valence-corrected chi connectivity index (χ0v) is 11.5. The molecule has 0 aromatic rings. The van der Waals surface area contributed by atoms with Gasteiger partial charge in [0.2, 0.25) is 5.91 Å². The minimum absolute atomic E-state index is 0.176. The number of amides is 1. The molecule has 0 bridgehead atoms. The van der Waals surface area contributed by atoms with Crippen molar-refractivity contribution in [3.05, 3.63) is 0 Å². The number of hydrogen-bond acceptors (Lipinski definition) is 3. The Kier molecular flexibility index (Phi) is 5.45. The zero-order valence-electron chi connectivity index (χ0n) is 11.5. The smallest absolute Gasteiger partial charge is 0.248 e. The van der Waals surface area contributed by atoms with Crippen molar-refractivity contribution in [1.29, 1.82) is 0 Å². The summed E-state index contributed by atoms with van der Waals surface area (Å²) in [6, 6.07) is 0.589. The van der Waals surface area contributed by atoms with Crippen LogP contribution in [0, 0.1) is 0 Å². The van der Waals surface area contributed by atoms with Gasteiger partial charge in [0, 0.05) is 25.7 Å². The fourth-order valence-corrected chi connectivity index (χ4v) is 2.72. The summed E-state index contributed by atoms with van der Waals surface area (Å²) < 4.78 is 5.73. The summed E-state index contributed by atoms with van der Waals surface area (Å²) in [5, 5.41) is 3.40. The van der Waals surface area contributed by atoms with Crippen LogP contribution in [0.15, 0.2) is 0 Å². The number of hydrogen-bond donors (Lipinski definition) is 1. The van der Waals surface area contributed by atoms with E-state index in [1.165, 1.54) is 12.8 Å². The van der Waals surface area contributed by atoms with Gasteiger partial charge in [0.05, 0.1) is 6.10 Å². The molecule has 4 nitrogen and oxygen atoms in total. The summed E-state index contributed by atoms with van der Waals surface area (Å²) in [5.74, 6) is 0.176. The minimum Gasteiger partial charge on any atom is -0.367 e. The molecule has 2 atom stereocenters. The predicted molar refractivity (Wildman–Crippen MR) is 71.5 cm³/mol. The number of likely N-dealkylation sites (tertiary alicyclic amines) is 1. The van der Waals surface area contributed by atoms with Crippen LogP contribution in [0.2, 0.25) is 0 Å². The van der Waals surface area contributed by atoms with Crippen molar-refractivity contribution < 1.29 is 9.53 Å². The van der Waals surface area contributed by atoms with Crippen molar-refractivity contribution in [3.8, 4) is 0 Å². The number of piperidine rings is 1. The maximum atomic E-state index is 12.0. The Morgan fingerprint density at radius 1 is 1.22 bits per heavy atom. The van der Waals surface area contributed by atoms with Gasteiger partial charge in [0.1, 0.15) is 6.61 Å². The molecule has 2 saturated heterocycles. The van der Waals surface area contributed by atoms with E-state index in [9.17, 15) is 4.79 Å². The second kappa shape index (κ2) is 7.10. The van der Waals surface area contributed by atoms with Crippen molar-refractivity contribution in [2.45, 2.75) is 57.6 Å². The lowest BCUT2D eigenvalue weighted by Crippen LogP contribution is -2.43. The Morgan fingerprint density at radius 2 is 1.94 bits per heavy atom. The van der Waals surface area contributed by atoms with E-state index in [1.54, 1.807) is 0 Å². The van der Waals surface area contributed by atoms with Gasteiger partial charge in [0.15, 0.2) is 0 Å². The quantitative estimate of drug-likeness (QED) is 0.831. The molecule has 2 unspecified atom stereocenters. The van der Waals surface area contributed by atoms with Crippen LogP contribution in [0.4, 0.5) is 0 Å². The van der Waals surface area contributed by atoms with Gasteiger partial charge >= 0.3 is 0 Å². The molecule has 18 heavy (non-hydrogen) atoms. The largest absolute Gasteiger partial charge is 0.367 e. The molecule has 0 saturated carbocycles. The molecule has 2 heterocycles. The highest BCUT2D eigenvalue weighted by molar-refractivity contribution is 5.77. The van der Waals surface area contributed by atoms with Gasteiger partial charge in [-0.1, -0.05) is 12.8 Å². The van der Waals surface area contributed by atoms with Gasteiger partial charge in [-0.25, -0.2) is 0 Å². The normalized spacial score (nSPS) is 29.9. The van der Waals surface area contributed by atoms with Gasteiger partial charge in [-0.3, -0.25) is 4.79 Å². The summed E-state index contributed by atoms with van der Waals surface area (Å²) in [5.41, 5.74) is 0. The number of ether oxygens (including phenoxy) is 1. The molecule has 2 fully saturated rings. The first-order chi connectivity index (χ1) is 8.75. The van der Waals surface area contributed by atoms with E-state index >= 15 is 0 Å². The maximum absolute atomic E-state index is 12.0. The highest BCUT2D eigenvalue weighted by Crippen LogP contribution is 2.12. The maximum Gasteiger partial charge on any atom is 0.248 e. The van der Waals surface area contributed by atoms with Crippen molar-refractivity contribution in [2.75, 3.05) is 26.2 Å². The third-order valence-electron chi connectivity index (χ3n) is 4.02. The van der Waals surface area contributed by atoms with Gasteiger partial charge in [0.25, 0.3) is 0 Å². The molecular formula is C14H26N2O2. The van der Waals surface area contributed by atoms with Crippen molar-refractivity contribution in [1.82, 2.24) is 10.2 Å². The van der Waals surface area contributed by atoms with E-state index in [1.807, 2.05) is 4.90 Å². The number of carbonyl (C=O) groups is 1. The first-order valence-electron chi connectivity index (χ1n) is 7.38. The summed E-state index contributed by atoms with van der Waals surface area (Å²) >= 11 is 0. The van der Waals surface area contributed by atoms with Crippen LogP contribution in [-0.2, 0) is 9.53 Å². The van der Waals surface area contributed by atoms with E-state index in [2.05, 4.69) is 12.2 Å². The van der Waals surface area contributed by atoms with Crippen molar-refractivity contribution >= 4 is 5.91 Å². The van der Waals surface area contributed by atoms with Crippen LogP contribution in [0.1, 0.15) is 45.4 Å². The molecule has 4 heteroatoms. The van der Waals surface area contributed by atoms with E-state index in [0.717, 1.165) is 45.3 Å². The topological polar surface area (TPSA) is 41.6 Å². The average molecular weight is 254 g/mol. The SMILES string of the molecule is CC1CCC(OCC(=O)N2CCCCCC2)CN1. The minimum atomic E-state index is 0.176. The van der Waals surface area contributed by atoms with Gasteiger partial charge in [-0.15, -0.1) is 0 Å². The van der Waals surface area contributed by atoms with Crippen LogP contribution in [0.25, 0.3) is 0 Å². The fraction of sp³-hybridized carbons (Fsp3) is 0.929. The zero-order chi connectivity index (χ0) is 12.8. The summed E-state index contributed by atoms with van der Waals surface area (Å²) in [6.07, 6.45) is 7.24. The molecule has 2 aliphatic heterocycles. The molecule has 0 aliphatic carbocycles. The van der Waals surface area contributed by atoms with Crippen LogP contribution < -0.4 is 5.32 Å².